The average Bonchev–Trinajstić information content (AvgIpc) is 2.59. The largest absolute Gasteiger partial charge is 0.493 e. The Bertz CT molecular complexity index is 594. The van der Waals surface area contributed by atoms with Gasteiger partial charge in [-0.1, -0.05) is 38.2 Å². The van der Waals surface area contributed by atoms with Crippen molar-refractivity contribution >= 4 is 9.84 Å². The molecular formula is C20H34O4S. The van der Waals surface area contributed by atoms with Crippen LogP contribution in [0.5, 0.6) is 11.5 Å². The summed E-state index contributed by atoms with van der Waals surface area (Å²) in [6.45, 7) is 3.52. The van der Waals surface area contributed by atoms with E-state index in [-0.39, 0.29) is 5.25 Å². The Kier molecular flexibility index (Phi) is 9.94. The summed E-state index contributed by atoms with van der Waals surface area (Å²) in [6, 6.07) is 6.10. The van der Waals surface area contributed by atoms with Gasteiger partial charge < -0.3 is 9.47 Å². The number of hydrogen-bond donors (Lipinski definition) is 0. The van der Waals surface area contributed by atoms with E-state index in [4.69, 9.17) is 9.47 Å². The number of benzene rings is 1. The van der Waals surface area contributed by atoms with Crippen LogP contribution >= 0.6 is 0 Å². The van der Waals surface area contributed by atoms with Crippen LogP contribution in [0.2, 0.25) is 0 Å². The van der Waals surface area contributed by atoms with Gasteiger partial charge in [-0.25, -0.2) is 8.42 Å². The molecule has 0 N–H and O–H groups in total. The van der Waals surface area contributed by atoms with Crippen molar-refractivity contribution in [3.63, 3.8) is 0 Å². The maximum absolute atomic E-state index is 11.7. The van der Waals surface area contributed by atoms with E-state index in [1.54, 1.807) is 28.1 Å². The van der Waals surface area contributed by atoms with Crippen LogP contribution in [0.1, 0.15) is 64.4 Å². The van der Waals surface area contributed by atoms with Crippen molar-refractivity contribution in [2.24, 2.45) is 0 Å². The van der Waals surface area contributed by atoms with Gasteiger partial charge in [-0.15, -0.1) is 0 Å². The van der Waals surface area contributed by atoms with E-state index in [1.165, 1.54) is 24.8 Å². The van der Waals surface area contributed by atoms with E-state index in [1.807, 2.05) is 12.1 Å². The molecule has 0 aromatic heterocycles. The van der Waals surface area contributed by atoms with E-state index in [0.717, 1.165) is 43.6 Å². The number of hydrogen-bond acceptors (Lipinski definition) is 4. The van der Waals surface area contributed by atoms with Crippen molar-refractivity contribution in [2.45, 2.75) is 70.5 Å². The third kappa shape index (κ3) is 8.13. The highest BCUT2D eigenvalue weighted by Gasteiger charge is 2.14. The highest BCUT2D eigenvalue weighted by Crippen LogP contribution is 2.28. The first kappa shape index (κ1) is 21.8. The van der Waals surface area contributed by atoms with Crippen molar-refractivity contribution in [3.05, 3.63) is 23.8 Å². The Labute approximate surface area is 153 Å². The van der Waals surface area contributed by atoms with Crippen molar-refractivity contribution in [1.82, 2.24) is 0 Å². The molecule has 0 spiro atoms. The number of sulfone groups is 1. The van der Waals surface area contributed by atoms with Crippen LogP contribution in [-0.2, 0) is 16.3 Å². The van der Waals surface area contributed by atoms with Crippen LogP contribution in [-0.4, -0.2) is 33.6 Å². The third-order valence-electron chi connectivity index (χ3n) is 4.56. The normalized spacial score (nSPS) is 11.7. The minimum Gasteiger partial charge on any atom is -0.493 e. The Morgan fingerprint density at radius 1 is 0.840 bits per heavy atom. The zero-order chi connectivity index (χ0) is 18.7. The van der Waals surface area contributed by atoms with Gasteiger partial charge in [0.1, 0.15) is 0 Å². The fraction of sp³-hybridized carbons (Fsp3) is 0.700. The number of rotatable bonds is 13. The summed E-state index contributed by atoms with van der Waals surface area (Å²) in [4.78, 5) is 0. The van der Waals surface area contributed by atoms with Gasteiger partial charge in [0.2, 0.25) is 0 Å². The second-order valence-electron chi connectivity index (χ2n) is 6.83. The van der Waals surface area contributed by atoms with Crippen LogP contribution in [0.25, 0.3) is 0 Å². The smallest absolute Gasteiger partial charge is 0.160 e. The SMILES string of the molecule is COc1ccc(CCCCCCCCCS(=O)(=O)C(C)C)cc1OC. The minimum atomic E-state index is -2.86. The van der Waals surface area contributed by atoms with Crippen LogP contribution in [0.3, 0.4) is 0 Å². The summed E-state index contributed by atoms with van der Waals surface area (Å²) >= 11 is 0. The monoisotopic (exact) mass is 370 g/mol. The van der Waals surface area contributed by atoms with Crippen LogP contribution in [0.15, 0.2) is 18.2 Å². The standard InChI is InChI=1S/C20H34O4S/c1-17(2)25(21,22)15-11-9-7-5-6-8-10-12-18-13-14-19(23-3)20(16-18)24-4/h13-14,16-17H,5-12,15H2,1-4H3. The summed E-state index contributed by atoms with van der Waals surface area (Å²) in [5, 5.41) is -0.246. The Balaban J connectivity index is 2.11. The fourth-order valence-electron chi connectivity index (χ4n) is 2.79. The number of ether oxygens (including phenoxy) is 2. The molecule has 144 valence electrons. The molecule has 1 aromatic carbocycles. The van der Waals surface area contributed by atoms with E-state index in [9.17, 15) is 8.42 Å². The molecule has 0 saturated carbocycles. The van der Waals surface area contributed by atoms with Crippen molar-refractivity contribution < 1.29 is 17.9 Å². The molecular weight excluding hydrogens is 336 g/mol. The van der Waals surface area contributed by atoms with Gasteiger partial charge in [0.25, 0.3) is 0 Å². The molecule has 4 nitrogen and oxygen atoms in total. The van der Waals surface area contributed by atoms with Gasteiger partial charge in [-0.05, 0) is 50.8 Å². The lowest BCUT2D eigenvalue weighted by atomic mass is 10.0. The summed E-state index contributed by atoms with van der Waals surface area (Å²) in [5.41, 5.74) is 1.27. The second-order valence-corrected chi connectivity index (χ2v) is 9.51. The van der Waals surface area contributed by atoms with Crippen LogP contribution < -0.4 is 9.47 Å². The molecule has 1 rings (SSSR count). The average molecular weight is 371 g/mol. The fourth-order valence-corrected chi connectivity index (χ4v) is 3.87. The topological polar surface area (TPSA) is 52.6 Å². The first-order valence-corrected chi connectivity index (χ1v) is 11.0. The van der Waals surface area contributed by atoms with E-state index in [0.29, 0.717) is 5.75 Å². The van der Waals surface area contributed by atoms with E-state index < -0.39 is 9.84 Å². The highest BCUT2D eigenvalue weighted by atomic mass is 32.2. The summed E-state index contributed by atoms with van der Waals surface area (Å²) in [7, 11) is 0.449. The lowest BCUT2D eigenvalue weighted by molar-refractivity contribution is 0.354. The molecule has 0 saturated heterocycles. The van der Waals surface area contributed by atoms with Gasteiger partial charge in [0.15, 0.2) is 21.3 Å². The predicted octanol–water partition coefficient (Wildman–Crippen LogP) is 4.80. The van der Waals surface area contributed by atoms with Crippen LogP contribution in [0.4, 0.5) is 0 Å². The molecule has 5 heteroatoms. The lowest BCUT2D eigenvalue weighted by Gasteiger charge is -2.09. The molecule has 25 heavy (non-hydrogen) atoms. The third-order valence-corrected chi connectivity index (χ3v) is 6.85. The molecule has 0 aliphatic rings. The van der Waals surface area contributed by atoms with Crippen LogP contribution in [0, 0.1) is 0 Å². The predicted molar refractivity (Wildman–Crippen MR) is 104 cm³/mol. The quantitative estimate of drug-likeness (QED) is 0.468. The summed E-state index contributed by atoms with van der Waals surface area (Å²) < 4.78 is 34.0. The van der Waals surface area contributed by atoms with Gasteiger partial charge in [-0.2, -0.15) is 0 Å². The van der Waals surface area contributed by atoms with Crippen molar-refractivity contribution in [3.8, 4) is 11.5 Å². The zero-order valence-electron chi connectivity index (χ0n) is 16.2. The highest BCUT2D eigenvalue weighted by molar-refractivity contribution is 7.91. The van der Waals surface area contributed by atoms with Crippen molar-refractivity contribution in [2.75, 3.05) is 20.0 Å². The van der Waals surface area contributed by atoms with E-state index >= 15 is 0 Å². The Morgan fingerprint density at radius 3 is 1.96 bits per heavy atom. The second kappa shape index (κ2) is 11.4. The molecule has 0 atom stereocenters. The molecule has 0 bridgehead atoms. The Hall–Kier alpha value is -1.23. The molecule has 0 aliphatic heterocycles. The number of methoxy groups -OCH3 is 2. The maximum atomic E-state index is 11.7. The molecule has 0 amide bonds. The maximum Gasteiger partial charge on any atom is 0.160 e. The molecule has 0 unspecified atom stereocenters. The molecule has 0 radical (unpaired) electrons. The van der Waals surface area contributed by atoms with Crippen molar-refractivity contribution in [1.29, 1.82) is 0 Å². The van der Waals surface area contributed by atoms with E-state index in [2.05, 4.69) is 6.07 Å². The van der Waals surface area contributed by atoms with Gasteiger partial charge in [0, 0.05) is 0 Å². The molecule has 1 aromatic rings. The van der Waals surface area contributed by atoms with Gasteiger partial charge in [0.05, 0.1) is 25.2 Å². The lowest BCUT2D eigenvalue weighted by Crippen LogP contribution is -2.17. The number of aryl methyl sites for hydroxylation is 1. The number of unbranched alkanes of at least 4 members (excludes halogenated alkanes) is 6. The Morgan fingerprint density at radius 2 is 1.40 bits per heavy atom. The summed E-state index contributed by atoms with van der Waals surface area (Å²) in [5.74, 6) is 1.89. The first-order valence-electron chi connectivity index (χ1n) is 9.33. The van der Waals surface area contributed by atoms with Gasteiger partial charge >= 0.3 is 0 Å². The molecule has 0 fully saturated rings. The summed E-state index contributed by atoms with van der Waals surface area (Å²) in [6.07, 6.45) is 8.76. The first-order chi connectivity index (χ1) is 11.9. The van der Waals surface area contributed by atoms with Gasteiger partial charge in [-0.3, -0.25) is 0 Å². The molecule has 0 heterocycles. The minimum absolute atomic E-state index is 0.246. The zero-order valence-corrected chi connectivity index (χ0v) is 17.0. The molecule has 0 aliphatic carbocycles.